The Hall–Kier alpha value is -1.84. The number of rotatable bonds is 3. The van der Waals surface area contributed by atoms with Crippen molar-refractivity contribution < 1.29 is 8.42 Å². The van der Waals surface area contributed by atoms with Crippen molar-refractivity contribution in [1.82, 2.24) is 24.1 Å². The Kier molecular flexibility index (Phi) is 4.32. The van der Waals surface area contributed by atoms with E-state index < -0.39 is 10.0 Å². The summed E-state index contributed by atoms with van der Waals surface area (Å²) in [7, 11) is -3.19. The highest BCUT2D eigenvalue weighted by atomic mass is 32.2. The van der Waals surface area contributed by atoms with Crippen LogP contribution < -0.4 is 0 Å². The molecule has 0 aliphatic carbocycles. The molecule has 3 aromatic rings. The van der Waals surface area contributed by atoms with Gasteiger partial charge in [-0.1, -0.05) is 28.5 Å². The number of sulfonamides is 1. The molecule has 138 valence electrons. The van der Waals surface area contributed by atoms with Crippen molar-refractivity contribution >= 4 is 26.3 Å². The molecule has 4 rings (SSSR count). The van der Waals surface area contributed by atoms with Crippen LogP contribution in [0.15, 0.2) is 18.2 Å². The van der Waals surface area contributed by atoms with E-state index in [1.807, 2.05) is 0 Å². The molecule has 7 nitrogen and oxygen atoms in total. The lowest BCUT2D eigenvalue weighted by atomic mass is 9.99. The van der Waals surface area contributed by atoms with E-state index in [2.05, 4.69) is 42.2 Å². The van der Waals surface area contributed by atoms with Gasteiger partial charge in [-0.15, -0.1) is 10.2 Å². The third-order valence-electron chi connectivity index (χ3n) is 4.70. The molecular formula is C17H21N5O2S2. The Balaban J connectivity index is 1.70. The van der Waals surface area contributed by atoms with Crippen LogP contribution in [0.5, 0.6) is 0 Å². The van der Waals surface area contributed by atoms with Gasteiger partial charge in [-0.25, -0.2) is 12.7 Å². The normalized spacial score (nSPS) is 19.3. The molecule has 1 aliphatic heterocycles. The first-order valence-electron chi connectivity index (χ1n) is 8.57. The molecule has 0 N–H and O–H groups in total. The maximum Gasteiger partial charge on any atom is 0.234 e. The molecule has 2 aromatic heterocycles. The largest absolute Gasteiger partial charge is 0.234 e. The smallest absolute Gasteiger partial charge is 0.213 e. The van der Waals surface area contributed by atoms with Gasteiger partial charge >= 0.3 is 0 Å². The van der Waals surface area contributed by atoms with Crippen LogP contribution in [0.25, 0.3) is 15.5 Å². The zero-order valence-corrected chi connectivity index (χ0v) is 16.6. The van der Waals surface area contributed by atoms with Crippen LogP contribution in [0, 0.1) is 13.8 Å². The van der Waals surface area contributed by atoms with Gasteiger partial charge < -0.3 is 0 Å². The zero-order valence-electron chi connectivity index (χ0n) is 15.0. The van der Waals surface area contributed by atoms with E-state index >= 15 is 0 Å². The Bertz CT molecular complexity index is 1050. The van der Waals surface area contributed by atoms with Gasteiger partial charge in [0.1, 0.15) is 5.01 Å². The van der Waals surface area contributed by atoms with Gasteiger partial charge in [0, 0.05) is 24.6 Å². The van der Waals surface area contributed by atoms with Crippen molar-refractivity contribution in [1.29, 1.82) is 0 Å². The van der Waals surface area contributed by atoms with Crippen LogP contribution in [0.2, 0.25) is 0 Å². The third-order valence-corrected chi connectivity index (χ3v) is 6.92. The molecule has 9 heteroatoms. The first-order valence-corrected chi connectivity index (χ1v) is 11.2. The highest BCUT2D eigenvalue weighted by Crippen LogP contribution is 2.31. The second kappa shape index (κ2) is 6.40. The number of benzene rings is 1. The maximum absolute atomic E-state index is 11.9. The number of piperidine rings is 1. The highest BCUT2D eigenvalue weighted by Gasteiger charge is 2.30. The summed E-state index contributed by atoms with van der Waals surface area (Å²) >= 11 is 1.51. The Morgan fingerprint density at radius 3 is 2.58 bits per heavy atom. The Labute approximate surface area is 156 Å². The lowest BCUT2D eigenvalue weighted by Gasteiger charge is -2.29. The summed E-state index contributed by atoms with van der Waals surface area (Å²) in [4.78, 5) is 0.741. The zero-order chi connectivity index (χ0) is 18.5. The van der Waals surface area contributed by atoms with Gasteiger partial charge in [-0.3, -0.25) is 0 Å². The number of hydrogen-bond acceptors (Lipinski definition) is 6. The summed E-state index contributed by atoms with van der Waals surface area (Å²) in [5, 5.41) is 14.2. The van der Waals surface area contributed by atoms with Crippen molar-refractivity contribution in [2.45, 2.75) is 32.6 Å². The van der Waals surface area contributed by atoms with Gasteiger partial charge in [0.15, 0.2) is 5.82 Å². The summed E-state index contributed by atoms with van der Waals surface area (Å²) in [5.41, 5.74) is 3.47. The van der Waals surface area contributed by atoms with Gasteiger partial charge in [-0.2, -0.15) is 9.61 Å². The molecular weight excluding hydrogens is 370 g/mol. The fraction of sp³-hybridized carbons (Fsp3) is 0.471. The SMILES string of the molecule is Cc1cc(C)cc(-c2nn3c(C4CCCN(S(C)(=O)=O)C4)nnc3s2)c1. The molecule has 0 bridgehead atoms. The fourth-order valence-corrected chi connectivity index (χ4v) is 5.30. The second-order valence-corrected chi connectivity index (χ2v) is 9.93. The van der Waals surface area contributed by atoms with Gasteiger partial charge in [-0.05, 0) is 38.8 Å². The molecule has 1 saturated heterocycles. The van der Waals surface area contributed by atoms with Gasteiger partial charge in [0.2, 0.25) is 15.0 Å². The van der Waals surface area contributed by atoms with Gasteiger partial charge in [0.05, 0.1) is 6.26 Å². The standard InChI is InChI=1S/C17H21N5O2S2/c1-11-7-12(2)9-14(8-11)16-20-22-15(18-19-17(22)25-16)13-5-4-6-21(10-13)26(3,23)24/h7-9,13H,4-6,10H2,1-3H3. The summed E-state index contributed by atoms with van der Waals surface area (Å²) in [6.07, 6.45) is 2.97. The minimum absolute atomic E-state index is 0.0164. The van der Waals surface area contributed by atoms with Crippen LogP contribution in [-0.2, 0) is 10.0 Å². The molecule has 1 aromatic carbocycles. The van der Waals surface area contributed by atoms with Crippen LogP contribution in [0.3, 0.4) is 0 Å². The van der Waals surface area contributed by atoms with Crippen LogP contribution in [0.4, 0.5) is 0 Å². The quantitative estimate of drug-likeness (QED) is 0.686. The van der Waals surface area contributed by atoms with E-state index in [9.17, 15) is 8.42 Å². The molecule has 1 aliphatic rings. The molecule has 0 amide bonds. The predicted octanol–water partition coefficient (Wildman–Crippen LogP) is 2.61. The van der Waals surface area contributed by atoms with E-state index in [1.165, 1.54) is 33.0 Å². The number of fused-ring (bicyclic) bond motifs is 1. The molecule has 0 saturated carbocycles. The van der Waals surface area contributed by atoms with Crippen molar-refractivity contribution in [2.75, 3.05) is 19.3 Å². The second-order valence-electron chi connectivity index (χ2n) is 7.00. The Morgan fingerprint density at radius 2 is 1.88 bits per heavy atom. The van der Waals surface area contributed by atoms with E-state index in [1.54, 1.807) is 4.52 Å². The topological polar surface area (TPSA) is 80.5 Å². The monoisotopic (exact) mass is 391 g/mol. The number of aryl methyl sites for hydroxylation is 2. The highest BCUT2D eigenvalue weighted by molar-refractivity contribution is 7.88. The summed E-state index contributed by atoms with van der Waals surface area (Å²) in [6.45, 7) is 5.16. The van der Waals surface area contributed by atoms with E-state index in [0.29, 0.717) is 13.1 Å². The Morgan fingerprint density at radius 1 is 1.15 bits per heavy atom. The summed E-state index contributed by atoms with van der Waals surface area (Å²) in [5.74, 6) is 0.767. The van der Waals surface area contributed by atoms with E-state index in [4.69, 9.17) is 5.10 Å². The number of nitrogens with zero attached hydrogens (tertiary/aromatic N) is 5. The molecule has 0 radical (unpaired) electrons. The lowest BCUT2D eigenvalue weighted by Crippen LogP contribution is -2.38. The average molecular weight is 392 g/mol. The lowest BCUT2D eigenvalue weighted by molar-refractivity contribution is 0.309. The summed E-state index contributed by atoms with van der Waals surface area (Å²) in [6, 6.07) is 6.37. The van der Waals surface area contributed by atoms with Gasteiger partial charge in [0.25, 0.3) is 0 Å². The van der Waals surface area contributed by atoms with E-state index in [0.717, 1.165) is 34.2 Å². The van der Waals surface area contributed by atoms with Crippen molar-refractivity contribution in [2.24, 2.45) is 0 Å². The molecule has 1 unspecified atom stereocenters. The number of hydrogen-bond donors (Lipinski definition) is 0. The van der Waals surface area contributed by atoms with Crippen molar-refractivity contribution in [3.63, 3.8) is 0 Å². The molecule has 1 fully saturated rings. The molecule has 1 atom stereocenters. The number of aromatic nitrogens is 4. The fourth-order valence-electron chi connectivity index (χ4n) is 3.56. The molecule has 3 heterocycles. The predicted molar refractivity (Wildman–Crippen MR) is 102 cm³/mol. The third kappa shape index (κ3) is 3.26. The summed E-state index contributed by atoms with van der Waals surface area (Å²) < 4.78 is 27.1. The van der Waals surface area contributed by atoms with Crippen LogP contribution >= 0.6 is 11.3 Å². The minimum atomic E-state index is -3.19. The molecule has 0 spiro atoms. The molecule has 26 heavy (non-hydrogen) atoms. The van der Waals surface area contributed by atoms with Crippen molar-refractivity contribution in [3.05, 3.63) is 35.2 Å². The van der Waals surface area contributed by atoms with E-state index in [-0.39, 0.29) is 5.92 Å². The first kappa shape index (κ1) is 17.6. The average Bonchev–Trinajstić information content (AvgIpc) is 3.13. The minimum Gasteiger partial charge on any atom is -0.213 e. The maximum atomic E-state index is 11.9. The van der Waals surface area contributed by atoms with Crippen LogP contribution in [0.1, 0.15) is 35.7 Å². The first-order chi connectivity index (χ1) is 12.3. The van der Waals surface area contributed by atoms with Crippen LogP contribution in [-0.4, -0.2) is 51.9 Å². The van der Waals surface area contributed by atoms with Crippen molar-refractivity contribution in [3.8, 4) is 10.6 Å².